The number of morpholine rings is 1. The fourth-order valence-corrected chi connectivity index (χ4v) is 5.36. The lowest BCUT2D eigenvalue weighted by molar-refractivity contribution is -0.0440. The van der Waals surface area contributed by atoms with Gasteiger partial charge in [0.1, 0.15) is 5.58 Å². The van der Waals surface area contributed by atoms with Crippen LogP contribution in [0.1, 0.15) is 30.0 Å². The van der Waals surface area contributed by atoms with Crippen LogP contribution >= 0.6 is 0 Å². The average Bonchev–Trinajstić information content (AvgIpc) is 3.05. The van der Waals surface area contributed by atoms with Crippen LogP contribution in [0.5, 0.6) is 0 Å². The predicted octanol–water partition coefficient (Wildman–Crippen LogP) is 3.79. The number of anilines is 1. The zero-order valence-electron chi connectivity index (χ0n) is 17.1. The average molecular weight is 429 g/mol. The number of hydrogen-bond acceptors (Lipinski definition) is 5. The molecule has 1 aliphatic rings. The summed E-state index contributed by atoms with van der Waals surface area (Å²) in [5.41, 5.74) is 1.90. The van der Waals surface area contributed by atoms with Gasteiger partial charge >= 0.3 is 0 Å². The van der Waals surface area contributed by atoms with Crippen molar-refractivity contribution >= 4 is 32.6 Å². The number of para-hydroxylation sites is 1. The first-order valence-electron chi connectivity index (χ1n) is 9.81. The molecule has 8 heteroatoms. The highest BCUT2D eigenvalue weighted by Gasteiger charge is 2.32. The first kappa shape index (κ1) is 20.6. The third-order valence-electron chi connectivity index (χ3n) is 5.19. The molecule has 7 nitrogen and oxygen atoms in total. The van der Waals surface area contributed by atoms with Gasteiger partial charge < -0.3 is 14.5 Å². The number of sulfonamides is 1. The fourth-order valence-electron chi connectivity index (χ4n) is 3.77. The highest BCUT2D eigenvalue weighted by molar-refractivity contribution is 7.89. The van der Waals surface area contributed by atoms with Gasteiger partial charge in [0.2, 0.25) is 10.0 Å². The van der Waals surface area contributed by atoms with Crippen molar-refractivity contribution in [3.63, 3.8) is 0 Å². The molecule has 158 valence electrons. The number of carbonyl (C=O) groups is 1. The number of nitrogens with zero attached hydrogens (tertiary/aromatic N) is 1. The molecule has 1 aliphatic heterocycles. The third-order valence-corrected chi connectivity index (χ3v) is 7.03. The van der Waals surface area contributed by atoms with Crippen molar-refractivity contribution in [2.45, 2.75) is 37.9 Å². The van der Waals surface area contributed by atoms with E-state index in [0.717, 1.165) is 10.9 Å². The quantitative estimate of drug-likeness (QED) is 0.683. The van der Waals surface area contributed by atoms with E-state index in [9.17, 15) is 13.2 Å². The number of rotatable bonds is 4. The van der Waals surface area contributed by atoms with Crippen molar-refractivity contribution in [2.75, 3.05) is 18.4 Å². The number of ether oxygens (including phenoxy) is 1. The lowest BCUT2D eigenvalue weighted by atomic mass is 10.1. The Morgan fingerprint density at radius 1 is 1.03 bits per heavy atom. The van der Waals surface area contributed by atoms with Crippen LogP contribution in [0.3, 0.4) is 0 Å². The number of hydrogen-bond donors (Lipinski definition) is 1. The molecule has 2 aromatic carbocycles. The molecule has 2 heterocycles. The lowest BCUT2D eigenvalue weighted by Gasteiger charge is -2.34. The Morgan fingerprint density at radius 2 is 1.67 bits per heavy atom. The topological polar surface area (TPSA) is 88.9 Å². The van der Waals surface area contributed by atoms with E-state index < -0.39 is 10.0 Å². The molecule has 4 rings (SSSR count). The number of benzene rings is 2. The molecule has 1 fully saturated rings. The van der Waals surface area contributed by atoms with E-state index in [-0.39, 0.29) is 28.8 Å². The summed E-state index contributed by atoms with van der Waals surface area (Å²) in [6.45, 7) is 6.18. The van der Waals surface area contributed by atoms with Crippen molar-refractivity contribution in [2.24, 2.45) is 0 Å². The van der Waals surface area contributed by atoms with Gasteiger partial charge in [-0.3, -0.25) is 4.79 Å². The number of aryl methyl sites for hydroxylation is 1. The van der Waals surface area contributed by atoms with Crippen LogP contribution in [0.4, 0.5) is 5.69 Å². The van der Waals surface area contributed by atoms with Gasteiger partial charge in [0.05, 0.1) is 17.1 Å². The van der Waals surface area contributed by atoms with Crippen molar-refractivity contribution < 1.29 is 22.4 Å². The fraction of sp³-hybridized carbons (Fsp3) is 0.318. The van der Waals surface area contributed by atoms with Crippen molar-refractivity contribution in [3.05, 3.63) is 59.9 Å². The largest absolute Gasteiger partial charge is 0.451 e. The molecular formula is C22H24N2O5S. The van der Waals surface area contributed by atoms with Gasteiger partial charge in [-0.2, -0.15) is 4.31 Å². The number of carbonyl (C=O) groups excluding carboxylic acids is 1. The third kappa shape index (κ3) is 3.86. The van der Waals surface area contributed by atoms with Crippen molar-refractivity contribution in [3.8, 4) is 0 Å². The summed E-state index contributed by atoms with van der Waals surface area (Å²) in [7, 11) is -3.63. The Balaban J connectivity index is 1.52. The number of amides is 1. The molecule has 1 amide bonds. The molecule has 1 aromatic heterocycles. The minimum absolute atomic E-state index is 0.158. The van der Waals surface area contributed by atoms with Gasteiger partial charge in [0.15, 0.2) is 5.76 Å². The normalized spacial score (nSPS) is 20.4. The number of nitrogens with one attached hydrogen (secondary N) is 1. The Labute approximate surface area is 175 Å². The van der Waals surface area contributed by atoms with Gasteiger partial charge in [-0.05, 0) is 51.1 Å². The van der Waals surface area contributed by atoms with Crippen LogP contribution in [-0.4, -0.2) is 43.9 Å². The maximum absolute atomic E-state index is 12.9. The van der Waals surface area contributed by atoms with Crippen molar-refractivity contribution in [1.82, 2.24) is 4.31 Å². The van der Waals surface area contributed by atoms with E-state index >= 15 is 0 Å². The summed E-state index contributed by atoms with van der Waals surface area (Å²) < 4.78 is 38.6. The Bertz CT molecular complexity index is 1170. The van der Waals surface area contributed by atoms with Crippen LogP contribution in [0.2, 0.25) is 0 Å². The maximum atomic E-state index is 12.9. The molecule has 1 N–H and O–H groups in total. The summed E-state index contributed by atoms with van der Waals surface area (Å²) in [6, 6.07) is 13.6. The summed E-state index contributed by atoms with van der Waals surface area (Å²) in [6.07, 6.45) is -0.316. The molecule has 1 saturated heterocycles. The van der Waals surface area contributed by atoms with Crippen LogP contribution in [0.25, 0.3) is 11.0 Å². The van der Waals surface area contributed by atoms with Gasteiger partial charge in [0.25, 0.3) is 5.91 Å². The summed E-state index contributed by atoms with van der Waals surface area (Å²) in [4.78, 5) is 12.8. The summed E-state index contributed by atoms with van der Waals surface area (Å²) >= 11 is 0. The molecule has 0 bridgehead atoms. The minimum Gasteiger partial charge on any atom is -0.451 e. The second-order valence-electron chi connectivity index (χ2n) is 7.61. The highest BCUT2D eigenvalue weighted by Crippen LogP contribution is 2.26. The summed E-state index contributed by atoms with van der Waals surface area (Å²) in [5.74, 6) is -0.140. The van der Waals surface area contributed by atoms with E-state index in [1.165, 1.54) is 16.4 Å². The van der Waals surface area contributed by atoms with E-state index in [1.807, 2.05) is 45.0 Å². The summed E-state index contributed by atoms with van der Waals surface area (Å²) in [5, 5.41) is 3.66. The first-order chi connectivity index (χ1) is 14.3. The second-order valence-corrected chi connectivity index (χ2v) is 9.55. The Morgan fingerprint density at radius 3 is 2.30 bits per heavy atom. The SMILES string of the molecule is Cc1c(C(=O)Nc2ccc(S(=O)(=O)N3CC(C)OC(C)C3)cc2)oc2ccccc12. The monoisotopic (exact) mass is 428 g/mol. The minimum atomic E-state index is -3.63. The molecule has 2 unspecified atom stereocenters. The molecule has 0 saturated carbocycles. The van der Waals surface area contributed by atoms with Crippen LogP contribution in [0, 0.1) is 6.92 Å². The zero-order chi connectivity index (χ0) is 21.5. The number of fused-ring (bicyclic) bond motifs is 1. The molecule has 0 spiro atoms. The molecule has 0 radical (unpaired) electrons. The lowest BCUT2D eigenvalue weighted by Crippen LogP contribution is -2.48. The van der Waals surface area contributed by atoms with Gasteiger partial charge in [-0.25, -0.2) is 8.42 Å². The van der Waals surface area contributed by atoms with Gasteiger partial charge in [-0.15, -0.1) is 0 Å². The standard InChI is InChI=1S/C22H24N2O5S/c1-14-12-24(13-15(2)28-14)30(26,27)18-10-8-17(9-11-18)23-22(25)21-16(3)19-6-4-5-7-20(19)29-21/h4-11,14-15H,12-13H2,1-3H3,(H,23,25). The van der Waals surface area contributed by atoms with Crippen molar-refractivity contribution in [1.29, 1.82) is 0 Å². The predicted molar refractivity (Wildman–Crippen MR) is 114 cm³/mol. The Kier molecular flexibility index (Phi) is 5.40. The smallest absolute Gasteiger partial charge is 0.291 e. The Hall–Kier alpha value is -2.68. The van der Waals surface area contributed by atoms with Gasteiger partial charge in [0, 0.05) is 29.7 Å². The first-order valence-corrected chi connectivity index (χ1v) is 11.2. The van der Waals surface area contributed by atoms with Crippen LogP contribution < -0.4 is 5.32 Å². The second kappa shape index (κ2) is 7.86. The molecule has 0 aliphatic carbocycles. The zero-order valence-corrected chi connectivity index (χ0v) is 17.9. The molecule has 2 atom stereocenters. The highest BCUT2D eigenvalue weighted by atomic mass is 32.2. The van der Waals surface area contributed by atoms with Crippen LogP contribution in [-0.2, 0) is 14.8 Å². The molecule has 30 heavy (non-hydrogen) atoms. The van der Waals surface area contributed by atoms with Crippen LogP contribution in [0.15, 0.2) is 57.8 Å². The number of furan rings is 1. The molecular weight excluding hydrogens is 404 g/mol. The van der Waals surface area contributed by atoms with E-state index in [4.69, 9.17) is 9.15 Å². The maximum Gasteiger partial charge on any atom is 0.291 e. The van der Waals surface area contributed by atoms with E-state index in [1.54, 1.807) is 12.1 Å². The van der Waals surface area contributed by atoms with E-state index in [2.05, 4.69) is 5.32 Å². The molecule has 3 aromatic rings. The van der Waals surface area contributed by atoms with Gasteiger partial charge in [-0.1, -0.05) is 18.2 Å². The van der Waals surface area contributed by atoms with E-state index in [0.29, 0.717) is 24.4 Å².